The molecule has 0 nitrogen and oxygen atoms in total. The van der Waals surface area contributed by atoms with Crippen LogP contribution in [0.3, 0.4) is 0 Å². The van der Waals surface area contributed by atoms with E-state index >= 15 is 0 Å². The third-order valence-electron chi connectivity index (χ3n) is 1.90. The lowest BCUT2D eigenvalue weighted by atomic mass is 10.6. The Kier molecular flexibility index (Phi) is 4.82. The minimum Gasteiger partial charge on any atom is -0.143 e. The van der Waals surface area contributed by atoms with Gasteiger partial charge in [0.05, 0.1) is 4.58 Å². The summed E-state index contributed by atoms with van der Waals surface area (Å²) in [6.07, 6.45) is 5.27. The number of thioether (sulfide) groups is 4. The molecule has 2 aliphatic rings. The van der Waals surface area contributed by atoms with Crippen LogP contribution in [0.4, 0.5) is 0 Å². The quantitative estimate of drug-likeness (QED) is 0.692. The van der Waals surface area contributed by atoms with Crippen LogP contribution in [0, 0.1) is 0 Å². The molecule has 0 bridgehead atoms. The molecule has 0 saturated carbocycles. The van der Waals surface area contributed by atoms with Gasteiger partial charge in [-0.1, -0.05) is 0 Å². The highest BCUT2D eigenvalue weighted by atomic mass is 32.2. The SMILES string of the molecule is C(=C1SCCCS1)C1SCCCS1. The van der Waals surface area contributed by atoms with Crippen molar-refractivity contribution in [2.75, 3.05) is 23.0 Å². The molecule has 2 aliphatic heterocycles. The fourth-order valence-corrected chi connectivity index (χ4v) is 6.76. The Labute approximate surface area is 97.4 Å². The molecule has 0 N–H and O–H groups in total. The van der Waals surface area contributed by atoms with Crippen LogP contribution < -0.4 is 0 Å². The summed E-state index contributed by atoms with van der Waals surface area (Å²) in [5.74, 6) is 5.38. The second kappa shape index (κ2) is 5.89. The van der Waals surface area contributed by atoms with Gasteiger partial charge in [0, 0.05) is 4.24 Å². The molecule has 2 rings (SSSR count). The topological polar surface area (TPSA) is 0 Å². The average molecular weight is 250 g/mol. The van der Waals surface area contributed by atoms with E-state index in [9.17, 15) is 0 Å². The Morgan fingerprint density at radius 1 is 0.923 bits per heavy atom. The largest absolute Gasteiger partial charge is 0.143 e. The molecule has 0 aromatic rings. The molecule has 0 aromatic carbocycles. The fourth-order valence-electron chi connectivity index (χ4n) is 1.26. The molecule has 4 heteroatoms. The maximum atomic E-state index is 2.49. The van der Waals surface area contributed by atoms with Gasteiger partial charge in [-0.15, -0.1) is 47.0 Å². The van der Waals surface area contributed by atoms with E-state index in [1.54, 1.807) is 4.24 Å². The van der Waals surface area contributed by atoms with Gasteiger partial charge in [-0.3, -0.25) is 0 Å². The van der Waals surface area contributed by atoms with Crippen molar-refractivity contribution in [2.45, 2.75) is 17.4 Å². The van der Waals surface area contributed by atoms with Crippen LogP contribution in [0.2, 0.25) is 0 Å². The first kappa shape index (κ1) is 10.7. The molecule has 74 valence electrons. The minimum absolute atomic E-state index is 0.752. The van der Waals surface area contributed by atoms with E-state index < -0.39 is 0 Å². The van der Waals surface area contributed by atoms with Crippen molar-refractivity contribution in [3.05, 3.63) is 10.3 Å². The Balaban J connectivity index is 1.85. The Bertz CT molecular complexity index is 176. The predicted molar refractivity (Wildman–Crippen MR) is 70.9 cm³/mol. The van der Waals surface area contributed by atoms with Crippen LogP contribution in [-0.2, 0) is 0 Å². The molecule has 2 fully saturated rings. The lowest BCUT2D eigenvalue weighted by Crippen LogP contribution is -2.04. The van der Waals surface area contributed by atoms with E-state index in [-0.39, 0.29) is 0 Å². The molecule has 2 saturated heterocycles. The smallest absolute Gasteiger partial charge is 0.0700 e. The molecule has 0 unspecified atom stereocenters. The van der Waals surface area contributed by atoms with Gasteiger partial charge in [0.25, 0.3) is 0 Å². The Morgan fingerprint density at radius 3 is 2.23 bits per heavy atom. The van der Waals surface area contributed by atoms with Crippen molar-refractivity contribution in [3.8, 4) is 0 Å². The van der Waals surface area contributed by atoms with E-state index in [4.69, 9.17) is 0 Å². The zero-order valence-corrected chi connectivity index (χ0v) is 10.8. The summed E-state index contributed by atoms with van der Waals surface area (Å²) in [6, 6.07) is 0. The number of hydrogen-bond acceptors (Lipinski definition) is 4. The molecular weight excluding hydrogens is 236 g/mol. The van der Waals surface area contributed by atoms with E-state index in [0.29, 0.717) is 0 Å². The average Bonchev–Trinajstić information content (AvgIpc) is 2.21. The summed E-state index contributed by atoms with van der Waals surface area (Å²) in [5.41, 5.74) is 0. The first-order valence-electron chi connectivity index (χ1n) is 4.66. The summed E-state index contributed by atoms with van der Waals surface area (Å²) in [6.45, 7) is 0. The third kappa shape index (κ3) is 3.65. The second-order valence-corrected chi connectivity index (χ2v) is 8.33. The van der Waals surface area contributed by atoms with Gasteiger partial charge in [0.15, 0.2) is 0 Å². The molecule has 0 aliphatic carbocycles. The predicted octanol–water partition coefficient (Wildman–Crippen LogP) is 3.89. The number of rotatable bonds is 1. The van der Waals surface area contributed by atoms with E-state index in [2.05, 4.69) is 53.1 Å². The zero-order chi connectivity index (χ0) is 8.93. The first-order valence-corrected chi connectivity index (χ1v) is 8.73. The van der Waals surface area contributed by atoms with Gasteiger partial charge in [-0.25, -0.2) is 0 Å². The molecule has 0 atom stereocenters. The van der Waals surface area contributed by atoms with Crippen LogP contribution >= 0.6 is 47.0 Å². The normalized spacial score (nSPS) is 26.0. The van der Waals surface area contributed by atoms with Crippen molar-refractivity contribution in [1.82, 2.24) is 0 Å². The lowest BCUT2D eigenvalue weighted by molar-refractivity contribution is 1.11. The van der Waals surface area contributed by atoms with Crippen LogP contribution in [-0.4, -0.2) is 27.6 Å². The van der Waals surface area contributed by atoms with Crippen molar-refractivity contribution < 1.29 is 0 Å². The standard InChI is InChI=1S/C9H14S4/c1-3-10-8(11-4-1)7-9-12-5-2-6-13-9/h7-8H,1-6H2. The van der Waals surface area contributed by atoms with Gasteiger partial charge >= 0.3 is 0 Å². The summed E-state index contributed by atoms with van der Waals surface area (Å²) in [4.78, 5) is 0. The minimum atomic E-state index is 0.752. The molecule has 0 aromatic heterocycles. The molecular formula is C9H14S4. The van der Waals surface area contributed by atoms with Gasteiger partial charge in [-0.2, -0.15) is 0 Å². The lowest BCUT2D eigenvalue weighted by Gasteiger charge is -2.20. The van der Waals surface area contributed by atoms with Crippen molar-refractivity contribution in [3.63, 3.8) is 0 Å². The highest BCUT2D eigenvalue weighted by Crippen LogP contribution is 2.39. The van der Waals surface area contributed by atoms with Crippen molar-refractivity contribution in [1.29, 1.82) is 0 Å². The number of hydrogen-bond donors (Lipinski definition) is 0. The van der Waals surface area contributed by atoms with Gasteiger partial charge in [0.2, 0.25) is 0 Å². The van der Waals surface area contributed by atoms with Gasteiger partial charge in [-0.05, 0) is 41.9 Å². The highest BCUT2D eigenvalue weighted by molar-refractivity contribution is 8.23. The van der Waals surface area contributed by atoms with Crippen molar-refractivity contribution in [2.24, 2.45) is 0 Å². The summed E-state index contributed by atoms with van der Waals surface area (Å²) in [7, 11) is 0. The second-order valence-electron chi connectivity index (χ2n) is 3.00. The first-order chi connectivity index (χ1) is 6.45. The Hall–Kier alpha value is 1.14. The monoisotopic (exact) mass is 250 g/mol. The maximum Gasteiger partial charge on any atom is 0.0700 e. The molecule has 0 amide bonds. The Morgan fingerprint density at radius 2 is 1.54 bits per heavy atom. The van der Waals surface area contributed by atoms with Crippen LogP contribution in [0.1, 0.15) is 12.8 Å². The maximum absolute atomic E-state index is 2.49. The van der Waals surface area contributed by atoms with Crippen LogP contribution in [0.5, 0.6) is 0 Å². The van der Waals surface area contributed by atoms with Crippen LogP contribution in [0.25, 0.3) is 0 Å². The summed E-state index contributed by atoms with van der Waals surface area (Å²) < 4.78 is 2.33. The van der Waals surface area contributed by atoms with Gasteiger partial charge in [0.1, 0.15) is 0 Å². The molecule has 0 spiro atoms. The molecule has 13 heavy (non-hydrogen) atoms. The molecule has 0 radical (unpaired) electrons. The third-order valence-corrected chi connectivity index (χ3v) is 7.23. The van der Waals surface area contributed by atoms with Crippen molar-refractivity contribution >= 4 is 47.0 Å². The fraction of sp³-hybridized carbons (Fsp3) is 0.778. The van der Waals surface area contributed by atoms with E-state index in [0.717, 1.165) is 4.58 Å². The van der Waals surface area contributed by atoms with Crippen LogP contribution in [0.15, 0.2) is 10.3 Å². The molecule has 2 heterocycles. The summed E-state index contributed by atoms with van der Waals surface area (Å²) in [5, 5.41) is 0. The summed E-state index contributed by atoms with van der Waals surface area (Å²) >= 11 is 8.34. The van der Waals surface area contributed by atoms with E-state index in [1.807, 2.05) is 0 Å². The van der Waals surface area contributed by atoms with E-state index in [1.165, 1.54) is 35.9 Å². The van der Waals surface area contributed by atoms with Gasteiger partial charge < -0.3 is 0 Å². The zero-order valence-electron chi connectivity index (χ0n) is 7.53. The highest BCUT2D eigenvalue weighted by Gasteiger charge is 2.14.